The molecule has 0 bridgehead atoms. The van der Waals surface area contributed by atoms with Crippen molar-refractivity contribution >= 4 is 21.3 Å². The minimum atomic E-state index is -4.53. The van der Waals surface area contributed by atoms with Gasteiger partial charge in [0.15, 0.2) is 5.75 Å². The van der Waals surface area contributed by atoms with Crippen LogP contribution in [0.25, 0.3) is 10.9 Å². The second-order valence-corrected chi connectivity index (χ2v) is 6.75. The van der Waals surface area contributed by atoms with Crippen LogP contribution in [0.3, 0.4) is 0 Å². The van der Waals surface area contributed by atoms with Crippen molar-refractivity contribution in [3.05, 3.63) is 30.0 Å². The Hall–Kier alpha value is -1.57. The molecule has 0 fully saturated rings. The number of aromatic nitrogens is 1. The molecule has 6 nitrogen and oxygen atoms in total. The molecule has 0 unspecified atom stereocenters. The minimum Gasteiger partial charge on any atom is -0.361 e. The van der Waals surface area contributed by atoms with Gasteiger partial charge in [-0.15, -0.1) is 0 Å². The van der Waals surface area contributed by atoms with Crippen LogP contribution in [0.4, 0.5) is 0 Å². The Morgan fingerprint density at radius 2 is 2.05 bits per heavy atom. The molecule has 116 valence electrons. The first-order chi connectivity index (χ1) is 9.72. The molecule has 1 heterocycles. The van der Waals surface area contributed by atoms with Gasteiger partial charge in [-0.2, -0.15) is 8.42 Å². The molecule has 0 amide bonds. The molecule has 0 aliphatic heterocycles. The first kappa shape index (κ1) is 15.8. The Morgan fingerprint density at radius 1 is 1.33 bits per heavy atom. The van der Waals surface area contributed by atoms with Crippen LogP contribution >= 0.6 is 0 Å². The Morgan fingerprint density at radius 3 is 2.67 bits per heavy atom. The third-order valence-corrected chi connectivity index (χ3v) is 4.18. The van der Waals surface area contributed by atoms with Crippen LogP contribution in [-0.2, 0) is 16.8 Å². The predicted octanol–water partition coefficient (Wildman–Crippen LogP) is 1.99. The van der Waals surface area contributed by atoms with Gasteiger partial charge in [0.1, 0.15) is 0 Å². The standard InChI is InChI=1S/C14H20N2O4S/c1-4-16(2,3)9-8-11-10-15-12-6-5-7-13(14(11)12)20-21(17,18)19/h5-7,10,15H,4,8-9H2,1-3H3/p+1. The topological polar surface area (TPSA) is 79.4 Å². The molecule has 1 aromatic carbocycles. The summed E-state index contributed by atoms with van der Waals surface area (Å²) in [4.78, 5) is 3.11. The van der Waals surface area contributed by atoms with Crippen LogP contribution in [0.5, 0.6) is 5.75 Å². The second-order valence-electron chi connectivity index (χ2n) is 5.73. The predicted molar refractivity (Wildman–Crippen MR) is 81.7 cm³/mol. The van der Waals surface area contributed by atoms with E-state index in [1.807, 2.05) is 12.3 Å². The molecule has 7 heteroatoms. The first-order valence-corrected chi connectivity index (χ1v) is 8.16. The van der Waals surface area contributed by atoms with Crippen molar-refractivity contribution in [3.8, 4) is 5.75 Å². The molecular weight excluding hydrogens is 292 g/mol. The summed E-state index contributed by atoms with van der Waals surface area (Å²) in [7, 11) is -0.243. The van der Waals surface area contributed by atoms with E-state index in [1.54, 1.807) is 6.07 Å². The van der Waals surface area contributed by atoms with E-state index in [4.69, 9.17) is 4.55 Å². The summed E-state index contributed by atoms with van der Waals surface area (Å²) in [6.07, 6.45) is 2.64. The molecule has 0 atom stereocenters. The molecule has 0 spiro atoms. The van der Waals surface area contributed by atoms with E-state index in [1.165, 1.54) is 6.07 Å². The Kier molecular flexibility index (Phi) is 4.27. The van der Waals surface area contributed by atoms with Gasteiger partial charge < -0.3 is 13.7 Å². The van der Waals surface area contributed by atoms with Crippen LogP contribution < -0.4 is 4.18 Å². The third-order valence-electron chi connectivity index (χ3n) is 3.79. The maximum Gasteiger partial charge on any atom is 0.446 e. The average molecular weight is 313 g/mol. The van der Waals surface area contributed by atoms with Crippen molar-refractivity contribution in [2.75, 3.05) is 27.2 Å². The summed E-state index contributed by atoms with van der Waals surface area (Å²) in [5, 5.41) is 0.700. The number of quaternary nitrogens is 1. The lowest BCUT2D eigenvalue weighted by Crippen LogP contribution is -2.40. The smallest absolute Gasteiger partial charge is 0.361 e. The summed E-state index contributed by atoms with van der Waals surface area (Å²) in [6.45, 7) is 4.06. The second kappa shape index (κ2) is 5.67. The highest BCUT2D eigenvalue weighted by Gasteiger charge is 2.17. The summed E-state index contributed by atoms with van der Waals surface area (Å²) < 4.78 is 36.4. The SMILES string of the molecule is CC[N+](C)(C)CCc1c[nH]c2cccc(OS(=O)(=O)O)c12. The van der Waals surface area contributed by atoms with E-state index in [2.05, 4.69) is 30.2 Å². The summed E-state index contributed by atoms with van der Waals surface area (Å²) >= 11 is 0. The summed E-state index contributed by atoms with van der Waals surface area (Å²) in [6, 6.07) is 5.05. The quantitative estimate of drug-likeness (QED) is 0.631. The Bertz CT molecular complexity index is 735. The fraction of sp³-hybridized carbons (Fsp3) is 0.429. The number of aromatic amines is 1. The molecule has 2 N–H and O–H groups in total. The van der Waals surface area contributed by atoms with E-state index in [0.29, 0.717) is 5.39 Å². The number of benzene rings is 1. The van der Waals surface area contributed by atoms with Crippen molar-refractivity contribution in [1.29, 1.82) is 0 Å². The highest BCUT2D eigenvalue weighted by atomic mass is 32.3. The van der Waals surface area contributed by atoms with E-state index in [0.717, 1.165) is 35.1 Å². The molecule has 21 heavy (non-hydrogen) atoms. The van der Waals surface area contributed by atoms with Crippen LogP contribution in [0.2, 0.25) is 0 Å². The van der Waals surface area contributed by atoms with Crippen molar-refractivity contribution < 1.29 is 21.6 Å². The van der Waals surface area contributed by atoms with Crippen molar-refractivity contribution in [2.24, 2.45) is 0 Å². The van der Waals surface area contributed by atoms with Gasteiger partial charge in [-0.05, 0) is 24.6 Å². The van der Waals surface area contributed by atoms with Gasteiger partial charge in [-0.25, -0.2) is 0 Å². The maximum atomic E-state index is 11.0. The van der Waals surface area contributed by atoms with E-state index in [9.17, 15) is 8.42 Å². The number of fused-ring (bicyclic) bond motifs is 1. The fourth-order valence-electron chi connectivity index (χ4n) is 2.18. The first-order valence-electron chi connectivity index (χ1n) is 6.80. The molecule has 0 radical (unpaired) electrons. The highest BCUT2D eigenvalue weighted by molar-refractivity contribution is 7.81. The summed E-state index contributed by atoms with van der Waals surface area (Å²) in [5.41, 5.74) is 1.76. The van der Waals surface area contributed by atoms with Gasteiger partial charge >= 0.3 is 10.4 Å². The molecule has 2 rings (SSSR count). The van der Waals surface area contributed by atoms with Crippen LogP contribution in [0.15, 0.2) is 24.4 Å². The van der Waals surface area contributed by atoms with Gasteiger partial charge in [-0.1, -0.05) is 6.07 Å². The van der Waals surface area contributed by atoms with E-state index in [-0.39, 0.29) is 5.75 Å². The molecule has 1 aromatic heterocycles. The van der Waals surface area contributed by atoms with Gasteiger partial charge in [0.05, 0.1) is 27.2 Å². The van der Waals surface area contributed by atoms with Gasteiger partial charge in [-0.3, -0.25) is 4.55 Å². The largest absolute Gasteiger partial charge is 0.446 e. The van der Waals surface area contributed by atoms with Crippen LogP contribution in [0.1, 0.15) is 12.5 Å². The number of hydrogen-bond donors (Lipinski definition) is 2. The Labute approximate surface area is 124 Å². The van der Waals surface area contributed by atoms with E-state index < -0.39 is 10.4 Å². The van der Waals surface area contributed by atoms with Crippen molar-refractivity contribution in [1.82, 2.24) is 4.98 Å². The summed E-state index contributed by atoms with van der Waals surface area (Å²) in [5.74, 6) is 0.146. The van der Waals surface area contributed by atoms with Crippen LogP contribution in [0, 0.1) is 0 Å². The lowest BCUT2D eigenvalue weighted by Gasteiger charge is -2.28. The Balaban J connectivity index is 2.37. The number of H-pyrrole nitrogens is 1. The molecule has 0 saturated heterocycles. The lowest BCUT2D eigenvalue weighted by atomic mass is 10.1. The molecule has 0 aliphatic carbocycles. The van der Waals surface area contributed by atoms with Gasteiger partial charge in [0.25, 0.3) is 0 Å². The molecular formula is C14H21N2O4S+. The molecule has 2 aromatic rings. The zero-order chi connectivity index (χ0) is 15.7. The highest BCUT2D eigenvalue weighted by Crippen LogP contribution is 2.30. The van der Waals surface area contributed by atoms with Gasteiger partial charge in [0.2, 0.25) is 0 Å². The van der Waals surface area contributed by atoms with Crippen molar-refractivity contribution in [3.63, 3.8) is 0 Å². The number of hydrogen-bond acceptors (Lipinski definition) is 3. The fourth-order valence-corrected chi connectivity index (χ4v) is 2.55. The minimum absolute atomic E-state index is 0.146. The number of nitrogens with one attached hydrogen (secondary N) is 1. The maximum absolute atomic E-state index is 11.0. The van der Waals surface area contributed by atoms with Gasteiger partial charge in [0, 0.05) is 23.5 Å². The average Bonchev–Trinajstić information content (AvgIpc) is 2.79. The van der Waals surface area contributed by atoms with E-state index >= 15 is 0 Å². The zero-order valence-corrected chi connectivity index (χ0v) is 13.3. The van der Waals surface area contributed by atoms with Crippen LogP contribution in [-0.4, -0.2) is 49.6 Å². The third kappa shape index (κ3) is 3.96. The number of nitrogens with zero attached hydrogens (tertiary/aromatic N) is 1. The van der Waals surface area contributed by atoms with Crippen molar-refractivity contribution in [2.45, 2.75) is 13.3 Å². The molecule has 0 saturated carbocycles. The molecule has 0 aliphatic rings. The lowest BCUT2D eigenvalue weighted by molar-refractivity contribution is -0.888. The number of likely N-dealkylation sites (N-methyl/N-ethyl adjacent to an activating group) is 1. The zero-order valence-electron chi connectivity index (χ0n) is 12.5. The number of rotatable bonds is 6. The monoisotopic (exact) mass is 313 g/mol. The normalized spacial score (nSPS) is 12.8.